The summed E-state index contributed by atoms with van der Waals surface area (Å²) < 4.78 is 0. The minimum absolute atomic E-state index is 0.0550. The van der Waals surface area contributed by atoms with Crippen LogP contribution in [0, 0.1) is 45.3 Å². The molecule has 0 spiro atoms. The van der Waals surface area contributed by atoms with Crippen LogP contribution in [0.3, 0.4) is 0 Å². The number of allylic oxidation sites excluding steroid dienone is 2. The third-order valence-electron chi connectivity index (χ3n) is 4.90. The van der Waals surface area contributed by atoms with Gasteiger partial charge in [0.25, 0.3) is 0 Å². The number of rotatable bonds is 0. The summed E-state index contributed by atoms with van der Waals surface area (Å²) >= 11 is 2.76. The van der Waals surface area contributed by atoms with Crippen LogP contribution in [-0.2, 0) is 0 Å². The van der Waals surface area contributed by atoms with Gasteiger partial charge >= 0.3 is 0 Å². The van der Waals surface area contributed by atoms with E-state index in [1.54, 1.807) is 0 Å². The standard InChI is InChI=1S/C22H8N6S2/c23-7-12(8-24)21-27-16-5-4-14-15(20(16)30-21)3-1-11-2-6-17-19(18(11)14)28-22(29-17)13(9-25)10-26/h1-6,27-28H. The molecule has 0 bridgehead atoms. The average Bonchev–Trinajstić information content (AvgIpc) is 3.39. The zero-order valence-corrected chi connectivity index (χ0v) is 16.7. The Morgan fingerprint density at radius 3 is 2.03 bits per heavy atom. The van der Waals surface area contributed by atoms with Crippen molar-refractivity contribution in [1.29, 1.82) is 21.0 Å². The fraction of sp³-hybridized carbons (Fsp3) is 0. The summed E-state index contributed by atoms with van der Waals surface area (Å²) in [5, 5.41) is 48.4. The molecular formula is C22H8N6S2. The number of fused-ring (bicyclic) bond motifs is 7. The van der Waals surface area contributed by atoms with Gasteiger partial charge in [0, 0.05) is 15.2 Å². The predicted molar refractivity (Wildman–Crippen MR) is 117 cm³/mol. The second kappa shape index (κ2) is 6.76. The second-order valence-corrected chi connectivity index (χ2v) is 8.52. The number of thioether (sulfide) groups is 2. The monoisotopic (exact) mass is 420 g/mol. The molecule has 0 fully saturated rings. The zero-order chi connectivity index (χ0) is 20.8. The van der Waals surface area contributed by atoms with E-state index in [2.05, 4.69) is 10.6 Å². The second-order valence-electron chi connectivity index (χ2n) is 6.45. The van der Waals surface area contributed by atoms with E-state index in [9.17, 15) is 21.0 Å². The van der Waals surface area contributed by atoms with Gasteiger partial charge in [0.15, 0.2) is 11.1 Å². The SMILES string of the molecule is N#CC(C#N)=C1Nc2c(ccc3ccc4c5c(ccc4c23)NC(=C(C#N)C#N)S5)S1. The first-order valence-corrected chi connectivity index (χ1v) is 10.3. The summed E-state index contributed by atoms with van der Waals surface area (Å²) in [4.78, 5) is 1.91. The highest BCUT2D eigenvalue weighted by atomic mass is 32.2. The maximum atomic E-state index is 9.22. The fourth-order valence-electron chi connectivity index (χ4n) is 3.58. The van der Waals surface area contributed by atoms with Crippen LogP contribution in [0.25, 0.3) is 21.5 Å². The Hall–Kier alpha value is -4.08. The third-order valence-corrected chi connectivity index (χ3v) is 7.12. The molecule has 3 aromatic rings. The van der Waals surface area contributed by atoms with Crippen LogP contribution < -0.4 is 10.6 Å². The zero-order valence-electron chi connectivity index (χ0n) is 15.1. The third kappa shape index (κ3) is 2.50. The summed E-state index contributed by atoms with van der Waals surface area (Å²) in [5.41, 5.74) is 1.85. The maximum Gasteiger partial charge on any atom is 0.160 e. The molecule has 0 aromatic heterocycles. The van der Waals surface area contributed by atoms with Crippen LogP contribution >= 0.6 is 23.5 Å². The molecule has 5 rings (SSSR count). The van der Waals surface area contributed by atoms with Gasteiger partial charge in [-0.1, -0.05) is 47.8 Å². The molecule has 2 aliphatic heterocycles. The quantitative estimate of drug-likeness (QED) is 0.359. The lowest BCUT2D eigenvalue weighted by Crippen LogP contribution is -1.94. The first-order chi connectivity index (χ1) is 14.7. The van der Waals surface area contributed by atoms with Crippen molar-refractivity contribution in [3.63, 3.8) is 0 Å². The molecule has 2 N–H and O–H groups in total. The Bertz CT molecular complexity index is 1510. The van der Waals surface area contributed by atoms with Crippen molar-refractivity contribution in [1.82, 2.24) is 0 Å². The van der Waals surface area contributed by atoms with Crippen LogP contribution in [0.4, 0.5) is 11.4 Å². The molecule has 0 aliphatic carbocycles. The largest absolute Gasteiger partial charge is 0.347 e. The van der Waals surface area contributed by atoms with Crippen molar-refractivity contribution >= 4 is 56.4 Å². The van der Waals surface area contributed by atoms with Crippen LogP contribution in [0.2, 0.25) is 0 Å². The first-order valence-electron chi connectivity index (χ1n) is 8.69. The molecule has 2 heterocycles. The summed E-state index contributed by atoms with van der Waals surface area (Å²) in [6.07, 6.45) is 0. The highest BCUT2D eigenvalue weighted by Gasteiger charge is 2.26. The lowest BCUT2D eigenvalue weighted by Gasteiger charge is -2.11. The summed E-state index contributed by atoms with van der Waals surface area (Å²) in [6.45, 7) is 0. The van der Waals surface area contributed by atoms with Gasteiger partial charge in [-0.15, -0.1) is 0 Å². The molecule has 3 aromatic carbocycles. The number of nitriles is 4. The Labute approximate surface area is 179 Å². The Morgan fingerprint density at radius 2 is 1.33 bits per heavy atom. The van der Waals surface area contributed by atoms with E-state index < -0.39 is 0 Å². The predicted octanol–water partition coefficient (Wildman–Crippen LogP) is 5.55. The van der Waals surface area contributed by atoms with Crippen LogP contribution in [0.15, 0.2) is 67.4 Å². The fourth-order valence-corrected chi connectivity index (χ4v) is 5.61. The van der Waals surface area contributed by atoms with Crippen LogP contribution in [-0.4, -0.2) is 0 Å². The van der Waals surface area contributed by atoms with Crippen molar-refractivity contribution in [3.05, 3.63) is 57.6 Å². The van der Waals surface area contributed by atoms with E-state index in [0.717, 1.165) is 42.7 Å². The van der Waals surface area contributed by atoms with E-state index in [1.807, 2.05) is 60.7 Å². The maximum absolute atomic E-state index is 9.22. The number of benzene rings is 3. The van der Waals surface area contributed by atoms with Gasteiger partial charge < -0.3 is 10.6 Å². The smallest absolute Gasteiger partial charge is 0.160 e. The van der Waals surface area contributed by atoms with Crippen LogP contribution in [0.5, 0.6) is 0 Å². The van der Waals surface area contributed by atoms with Gasteiger partial charge in [-0.05, 0) is 28.3 Å². The Kier molecular flexibility index (Phi) is 4.05. The molecular weight excluding hydrogens is 412 g/mol. The molecule has 6 nitrogen and oxygen atoms in total. The topological polar surface area (TPSA) is 119 Å². The molecule has 138 valence electrons. The highest BCUT2D eigenvalue weighted by molar-refractivity contribution is 8.04. The first kappa shape index (κ1) is 18.0. The number of nitrogens with one attached hydrogen (secondary N) is 2. The van der Waals surface area contributed by atoms with Gasteiger partial charge in [-0.2, -0.15) is 21.0 Å². The van der Waals surface area contributed by atoms with Crippen molar-refractivity contribution < 1.29 is 0 Å². The molecule has 0 saturated heterocycles. The van der Waals surface area contributed by atoms with E-state index in [4.69, 9.17) is 0 Å². The lowest BCUT2D eigenvalue weighted by molar-refractivity contribution is 1.43. The normalized spacial score (nSPS) is 13.3. The molecule has 30 heavy (non-hydrogen) atoms. The van der Waals surface area contributed by atoms with Gasteiger partial charge in [-0.3, -0.25) is 0 Å². The minimum Gasteiger partial charge on any atom is -0.347 e. The van der Waals surface area contributed by atoms with Crippen molar-refractivity contribution in [2.24, 2.45) is 0 Å². The van der Waals surface area contributed by atoms with Crippen LogP contribution in [0.1, 0.15) is 0 Å². The summed E-state index contributed by atoms with van der Waals surface area (Å²) in [6, 6.07) is 19.8. The number of nitrogens with zero attached hydrogens (tertiary/aromatic N) is 4. The number of hydrogen-bond donors (Lipinski definition) is 2. The van der Waals surface area contributed by atoms with Crippen molar-refractivity contribution in [3.8, 4) is 24.3 Å². The Balaban J connectivity index is 1.76. The van der Waals surface area contributed by atoms with Gasteiger partial charge in [-0.25, -0.2) is 0 Å². The van der Waals surface area contributed by atoms with Crippen molar-refractivity contribution in [2.45, 2.75) is 9.79 Å². The molecule has 8 heteroatoms. The molecule has 0 unspecified atom stereocenters. The molecule has 0 radical (unpaired) electrons. The number of anilines is 2. The molecule has 0 amide bonds. The van der Waals surface area contributed by atoms with Gasteiger partial charge in [0.05, 0.1) is 11.4 Å². The van der Waals surface area contributed by atoms with E-state index in [1.165, 1.54) is 23.5 Å². The Morgan fingerprint density at radius 1 is 0.700 bits per heavy atom. The minimum atomic E-state index is 0.0550. The highest BCUT2D eigenvalue weighted by Crippen LogP contribution is 2.51. The summed E-state index contributed by atoms with van der Waals surface area (Å²) in [5.74, 6) is 0. The molecule has 0 atom stereocenters. The van der Waals surface area contributed by atoms with E-state index in [0.29, 0.717) is 10.1 Å². The van der Waals surface area contributed by atoms with Gasteiger partial charge in [0.1, 0.15) is 34.3 Å². The number of hydrogen-bond acceptors (Lipinski definition) is 8. The molecule has 0 saturated carbocycles. The van der Waals surface area contributed by atoms with E-state index in [-0.39, 0.29) is 11.1 Å². The lowest BCUT2D eigenvalue weighted by atomic mass is 9.99. The van der Waals surface area contributed by atoms with Crippen molar-refractivity contribution in [2.75, 3.05) is 10.6 Å². The van der Waals surface area contributed by atoms with E-state index >= 15 is 0 Å². The molecule has 2 aliphatic rings. The average molecular weight is 420 g/mol. The van der Waals surface area contributed by atoms with Gasteiger partial charge in [0.2, 0.25) is 0 Å². The summed E-state index contributed by atoms with van der Waals surface area (Å²) in [7, 11) is 0.